The summed E-state index contributed by atoms with van der Waals surface area (Å²) in [5.74, 6) is 0.160. The number of likely N-dealkylation sites (tertiary alicyclic amines) is 1. The van der Waals surface area contributed by atoms with Crippen molar-refractivity contribution in [2.45, 2.75) is 71.8 Å². The van der Waals surface area contributed by atoms with Gasteiger partial charge in [0.05, 0.1) is 24.9 Å². The minimum Gasteiger partial charge on any atom is -0.476 e. The highest BCUT2D eigenvalue weighted by molar-refractivity contribution is 6.05. The van der Waals surface area contributed by atoms with E-state index in [1.54, 1.807) is 29.7 Å². The molecule has 0 spiro atoms. The number of fused-ring (bicyclic) bond motifs is 1. The lowest BCUT2D eigenvalue weighted by atomic mass is 9.97. The van der Waals surface area contributed by atoms with E-state index in [2.05, 4.69) is 0 Å². The second-order valence-corrected chi connectivity index (χ2v) is 11.1. The van der Waals surface area contributed by atoms with Gasteiger partial charge in [0, 0.05) is 31.2 Å². The number of carbonyl (C=O) groups excluding carboxylic acids is 2. The highest BCUT2D eigenvalue weighted by Gasteiger charge is 2.42. The first kappa shape index (κ1) is 28.4. The van der Waals surface area contributed by atoms with E-state index in [1.807, 2.05) is 57.2 Å². The van der Waals surface area contributed by atoms with Crippen LogP contribution in [0.25, 0.3) is 0 Å². The maximum Gasteiger partial charge on any atom is 0.407 e. The molecular weight excluding hydrogens is 498 g/mol. The molecule has 1 N–H and O–H groups in total. The Hall–Kier alpha value is -3.59. The van der Waals surface area contributed by atoms with Crippen LogP contribution in [-0.2, 0) is 16.1 Å². The molecule has 0 unspecified atom stereocenters. The summed E-state index contributed by atoms with van der Waals surface area (Å²) < 4.78 is 12.0. The molecular formula is C30H39N3O6. The smallest absolute Gasteiger partial charge is 0.407 e. The molecule has 2 aliphatic heterocycles. The van der Waals surface area contributed by atoms with Gasteiger partial charge in [-0.15, -0.1) is 0 Å². The molecule has 9 heteroatoms. The molecule has 2 aromatic carbocycles. The Labute approximate surface area is 230 Å². The SMILES string of the molecule is Cc1cc2c(cc1C(=O)N(C(C)C)[C@@H]1CCCN(C(=O)O)C1)N(CCOCc1ccccc1)C(=O)C(C)(C)O2. The number of carboxylic acid groups (broad SMARTS) is 1. The predicted molar refractivity (Wildman–Crippen MR) is 148 cm³/mol. The third-order valence-corrected chi connectivity index (χ3v) is 7.37. The topological polar surface area (TPSA) is 99.6 Å². The summed E-state index contributed by atoms with van der Waals surface area (Å²) >= 11 is 0. The van der Waals surface area contributed by atoms with Crippen LogP contribution >= 0.6 is 0 Å². The number of rotatable bonds is 8. The molecule has 3 amide bonds. The molecule has 2 heterocycles. The first-order valence-electron chi connectivity index (χ1n) is 13.6. The van der Waals surface area contributed by atoms with Crippen LogP contribution < -0.4 is 9.64 Å². The van der Waals surface area contributed by atoms with Crippen LogP contribution in [-0.4, -0.2) is 76.7 Å². The average Bonchev–Trinajstić information content (AvgIpc) is 2.88. The van der Waals surface area contributed by atoms with E-state index in [0.29, 0.717) is 49.7 Å². The van der Waals surface area contributed by atoms with E-state index in [9.17, 15) is 19.5 Å². The lowest BCUT2D eigenvalue weighted by Gasteiger charge is -2.41. The van der Waals surface area contributed by atoms with Crippen molar-refractivity contribution in [3.8, 4) is 5.75 Å². The molecule has 2 aliphatic rings. The number of benzene rings is 2. The van der Waals surface area contributed by atoms with Gasteiger partial charge >= 0.3 is 6.09 Å². The molecule has 39 heavy (non-hydrogen) atoms. The lowest BCUT2D eigenvalue weighted by Crippen LogP contribution is -2.54. The number of anilines is 1. The molecule has 0 aliphatic carbocycles. The van der Waals surface area contributed by atoms with E-state index in [4.69, 9.17) is 9.47 Å². The van der Waals surface area contributed by atoms with E-state index in [1.165, 1.54) is 4.90 Å². The molecule has 1 atom stereocenters. The summed E-state index contributed by atoms with van der Waals surface area (Å²) in [6.45, 7) is 11.0. The molecule has 1 saturated heterocycles. The van der Waals surface area contributed by atoms with Gasteiger partial charge in [-0.2, -0.15) is 0 Å². The third-order valence-electron chi connectivity index (χ3n) is 7.37. The van der Waals surface area contributed by atoms with Crippen LogP contribution in [0.1, 0.15) is 62.0 Å². The van der Waals surface area contributed by atoms with Crippen molar-refractivity contribution in [1.29, 1.82) is 0 Å². The fourth-order valence-electron chi connectivity index (χ4n) is 5.40. The van der Waals surface area contributed by atoms with E-state index in [-0.39, 0.29) is 30.4 Å². The van der Waals surface area contributed by atoms with Gasteiger partial charge in [0.15, 0.2) is 5.60 Å². The summed E-state index contributed by atoms with van der Waals surface area (Å²) in [7, 11) is 0. The first-order chi connectivity index (χ1) is 18.5. The Morgan fingerprint density at radius 2 is 1.92 bits per heavy atom. The molecule has 1 fully saturated rings. The number of aryl methyl sites for hydroxylation is 1. The van der Waals surface area contributed by atoms with Crippen LogP contribution in [0.4, 0.5) is 10.5 Å². The standard InChI is InChI=1S/C30H39N3O6/c1-20(2)33(23-12-9-13-31(18-23)29(36)37)27(34)24-17-25-26(16-21(24)3)39-30(4,5)28(35)32(25)14-15-38-19-22-10-7-6-8-11-22/h6-8,10-11,16-17,20,23H,9,12-15,18-19H2,1-5H3,(H,36,37)/t23-/m1/s1. The Morgan fingerprint density at radius 3 is 2.59 bits per heavy atom. The molecule has 0 aromatic heterocycles. The number of ether oxygens (including phenoxy) is 2. The van der Waals surface area contributed by atoms with Gasteiger partial charge in [0.1, 0.15) is 5.75 Å². The highest BCUT2D eigenvalue weighted by atomic mass is 16.5. The Morgan fingerprint density at radius 1 is 1.21 bits per heavy atom. The van der Waals surface area contributed by atoms with Crippen molar-refractivity contribution in [1.82, 2.24) is 9.80 Å². The largest absolute Gasteiger partial charge is 0.476 e. The monoisotopic (exact) mass is 537 g/mol. The normalized spacial score (nSPS) is 18.5. The molecule has 0 radical (unpaired) electrons. The zero-order chi connectivity index (χ0) is 28.3. The van der Waals surface area contributed by atoms with Gasteiger partial charge in [-0.1, -0.05) is 30.3 Å². The van der Waals surface area contributed by atoms with Crippen LogP contribution in [0, 0.1) is 6.92 Å². The van der Waals surface area contributed by atoms with Crippen molar-refractivity contribution in [2.75, 3.05) is 31.1 Å². The van der Waals surface area contributed by atoms with Crippen molar-refractivity contribution in [3.05, 3.63) is 59.2 Å². The van der Waals surface area contributed by atoms with Crippen LogP contribution in [0.5, 0.6) is 5.75 Å². The minimum atomic E-state index is -1.06. The molecule has 0 bridgehead atoms. The summed E-state index contributed by atoms with van der Waals surface area (Å²) in [4.78, 5) is 43.8. The summed E-state index contributed by atoms with van der Waals surface area (Å²) in [6, 6.07) is 13.0. The summed E-state index contributed by atoms with van der Waals surface area (Å²) in [6.07, 6.45) is 0.465. The second kappa shape index (κ2) is 11.7. The first-order valence-corrected chi connectivity index (χ1v) is 13.6. The number of piperidine rings is 1. The van der Waals surface area contributed by atoms with Crippen LogP contribution in [0.2, 0.25) is 0 Å². The fourth-order valence-corrected chi connectivity index (χ4v) is 5.40. The zero-order valence-corrected chi connectivity index (χ0v) is 23.5. The second-order valence-electron chi connectivity index (χ2n) is 11.1. The fraction of sp³-hybridized carbons (Fsp3) is 0.500. The van der Waals surface area contributed by atoms with E-state index in [0.717, 1.165) is 17.5 Å². The number of hydrogen-bond acceptors (Lipinski definition) is 5. The van der Waals surface area contributed by atoms with Crippen molar-refractivity contribution < 1.29 is 29.0 Å². The summed E-state index contributed by atoms with van der Waals surface area (Å²) in [5.41, 5.74) is 1.74. The van der Waals surface area contributed by atoms with Gasteiger partial charge in [-0.3, -0.25) is 9.59 Å². The van der Waals surface area contributed by atoms with Crippen molar-refractivity contribution >= 4 is 23.6 Å². The minimum absolute atomic E-state index is 0.133. The molecule has 9 nitrogen and oxygen atoms in total. The van der Waals surface area contributed by atoms with Gasteiger partial charge in [0.25, 0.3) is 11.8 Å². The number of hydrogen-bond donors (Lipinski definition) is 1. The van der Waals surface area contributed by atoms with Gasteiger partial charge in [-0.25, -0.2) is 4.79 Å². The quantitative estimate of drug-likeness (QED) is 0.490. The molecule has 2 aromatic rings. The maximum atomic E-state index is 14.0. The highest BCUT2D eigenvalue weighted by Crippen LogP contribution is 2.40. The number of amides is 3. The zero-order valence-electron chi connectivity index (χ0n) is 23.5. The Bertz CT molecular complexity index is 1210. The van der Waals surface area contributed by atoms with Gasteiger partial charge in [0.2, 0.25) is 0 Å². The predicted octanol–water partition coefficient (Wildman–Crippen LogP) is 4.71. The van der Waals surface area contributed by atoms with Crippen molar-refractivity contribution in [3.63, 3.8) is 0 Å². The van der Waals surface area contributed by atoms with Crippen LogP contribution in [0.3, 0.4) is 0 Å². The van der Waals surface area contributed by atoms with Crippen molar-refractivity contribution in [2.24, 2.45) is 0 Å². The summed E-state index contributed by atoms with van der Waals surface area (Å²) in [5, 5.41) is 9.52. The van der Waals surface area contributed by atoms with E-state index < -0.39 is 11.7 Å². The molecule has 4 rings (SSSR count). The van der Waals surface area contributed by atoms with Gasteiger partial charge in [-0.05, 0) is 70.7 Å². The maximum absolute atomic E-state index is 14.0. The number of carbonyl (C=O) groups is 3. The average molecular weight is 538 g/mol. The van der Waals surface area contributed by atoms with E-state index >= 15 is 0 Å². The lowest BCUT2D eigenvalue weighted by molar-refractivity contribution is -0.132. The Kier molecular flexibility index (Phi) is 8.49. The van der Waals surface area contributed by atoms with Crippen LogP contribution in [0.15, 0.2) is 42.5 Å². The third kappa shape index (κ3) is 6.19. The Balaban J connectivity index is 1.60. The molecule has 210 valence electrons. The van der Waals surface area contributed by atoms with Gasteiger partial charge < -0.3 is 29.3 Å². The number of nitrogens with zero attached hydrogens (tertiary/aromatic N) is 3. The molecule has 0 saturated carbocycles.